The van der Waals surface area contributed by atoms with Crippen molar-refractivity contribution in [2.24, 2.45) is 11.8 Å². The van der Waals surface area contributed by atoms with E-state index in [2.05, 4.69) is 26.6 Å². The number of hydrogen-bond acceptors (Lipinski definition) is 9. The molecule has 0 fully saturated rings. The van der Waals surface area contributed by atoms with Crippen molar-refractivity contribution in [1.82, 2.24) is 26.6 Å². The van der Waals surface area contributed by atoms with Crippen LogP contribution in [0, 0.1) is 11.8 Å². The van der Waals surface area contributed by atoms with Gasteiger partial charge < -0.3 is 41.5 Å². The maximum absolute atomic E-state index is 13.0. The van der Waals surface area contributed by atoms with Crippen LogP contribution in [0.5, 0.6) is 0 Å². The van der Waals surface area contributed by atoms with Gasteiger partial charge in [-0.05, 0) is 78.7 Å². The SMILES string of the molecule is CSCC[C@H](NC(=O)[C@@H](NC(=O)OC(C)(C)C)[C@H](C)O)C(=O)NC[C@@H](O)C[C@@H](C)C(=O)N[C@@H](CC(C)C)C(=O)NC(C)C. The molecule has 0 bridgehead atoms. The third-order valence-corrected chi connectivity index (χ3v) is 6.68. The van der Waals surface area contributed by atoms with Gasteiger partial charge in [0, 0.05) is 18.5 Å². The molecule has 43 heavy (non-hydrogen) atoms. The minimum absolute atomic E-state index is 0.0259. The first-order chi connectivity index (χ1) is 19.8. The highest BCUT2D eigenvalue weighted by molar-refractivity contribution is 7.98. The van der Waals surface area contributed by atoms with Crippen LogP contribution in [0.1, 0.15) is 81.6 Å². The number of rotatable bonds is 18. The minimum Gasteiger partial charge on any atom is -0.444 e. The average Bonchev–Trinajstić information content (AvgIpc) is 2.85. The lowest BCUT2D eigenvalue weighted by Crippen LogP contribution is -2.58. The molecular formula is C29H55N5O8S. The Kier molecular flexibility index (Phi) is 18.5. The highest BCUT2D eigenvalue weighted by Crippen LogP contribution is 2.11. The van der Waals surface area contributed by atoms with Gasteiger partial charge in [0.25, 0.3) is 0 Å². The number of thioether (sulfide) groups is 1. The zero-order valence-electron chi connectivity index (χ0n) is 27.4. The van der Waals surface area contributed by atoms with Crippen LogP contribution in [0.15, 0.2) is 0 Å². The number of nitrogens with one attached hydrogen (secondary N) is 5. The van der Waals surface area contributed by atoms with Crippen LogP contribution < -0.4 is 26.6 Å². The molecule has 0 heterocycles. The van der Waals surface area contributed by atoms with E-state index in [1.807, 2.05) is 34.0 Å². The van der Waals surface area contributed by atoms with E-state index in [-0.39, 0.29) is 43.2 Å². The predicted octanol–water partition coefficient (Wildman–Crippen LogP) is 1.06. The molecule has 0 aliphatic rings. The molecule has 0 aliphatic carbocycles. The van der Waals surface area contributed by atoms with Gasteiger partial charge in [0.2, 0.25) is 23.6 Å². The van der Waals surface area contributed by atoms with Gasteiger partial charge >= 0.3 is 6.09 Å². The lowest BCUT2D eigenvalue weighted by molar-refractivity contribution is -0.132. The largest absolute Gasteiger partial charge is 0.444 e. The van der Waals surface area contributed by atoms with Gasteiger partial charge in [-0.2, -0.15) is 11.8 Å². The lowest BCUT2D eigenvalue weighted by atomic mass is 9.99. The van der Waals surface area contributed by atoms with Gasteiger partial charge in [0.05, 0.1) is 12.2 Å². The minimum atomic E-state index is -1.37. The van der Waals surface area contributed by atoms with Crippen LogP contribution in [0.25, 0.3) is 0 Å². The Morgan fingerprint density at radius 2 is 1.35 bits per heavy atom. The predicted molar refractivity (Wildman–Crippen MR) is 167 cm³/mol. The maximum Gasteiger partial charge on any atom is 0.408 e. The standard InChI is InChI=1S/C29H55N5O8S/c1-16(2)13-22(26(39)31-17(3)4)33-24(37)18(5)14-20(36)15-30-25(38)21(11-12-43-10)32-27(40)23(19(6)35)34-28(41)42-29(7,8)9/h16-23,35-36H,11-15H2,1-10H3,(H,30,38)(H,31,39)(H,32,40)(H,33,37)(H,34,41)/t18-,19+,20+,21+,22+,23+/m1/s1. The Morgan fingerprint density at radius 1 is 0.767 bits per heavy atom. The molecule has 0 unspecified atom stereocenters. The van der Waals surface area contributed by atoms with Gasteiger partial charge in [-0.15, -0.1) is 0 Å². The van der Waals surface area contributed by atoms with E-state index in [4.69, 9.17) is 4.74 Å². The fraction of sp³-hybridized carbons (Fsp3) is 0.828. The highest BCUT2D eigenvalue weighted by Gasteiger charge is 2.32. The molecule has 0 aromatic heterocycles. The number of aliphatic hydroxyl groups is 2. The molecule has 0 spiro atoms. The maximum atomic E-state index is 13.0. The van der Waals surface area contributed by atoms with Crippen molar-refractivity contribution < 1.29 is 38.9 Å². The second-order valence-corrected chi connectivity index (χ2v) is 13.6. The normalized spacial score (nSPS) is 15.9. The Balaban J connectivity index is 5.21. The van der Waals surface area contributed by atoms with Crippen molar-refractivity contribution in [2.45, 2.75) is 124 Å². The van der Waals surface area contributed by atoms with E-state index in [9.17, 15) is 34.2 Å². The van der Waals surface area contributed by atoms with E-state index >= 15 is 0 Å². The van der Waals surface area contributed by atoms with Crippen LogP contribution in [0.4, 0.5) is 4.79 Å². The fourth-order valence-corrected chi connectivity index (χ4v) is 4.42. The third kappa shape index (κ3) is 18.0. The number of ether oxygens (including phenoxy) is 1. The van der Waals surface area contributed by atoms with Gasteiger partial charge in [0.1, 0.15) is 23.7 Å². The second-order valence-electron chi connectivity index (χ2n) is 12.6. The molecule has 0 radical (unpaired) electrons. The monoisotopic (exact) mass is 633 g/mol. The first-order valence-corrected chi connectivity index (χ1v) is 16.2. The Bertz CT molecular complexity index is 910. The molecule has 250 valence electrons. The number of carbonyl (C=O) groups is 5. The van der Waals surface area contributed by atoms with Crippen LogP contribution in [0.3, 0.4) is 0 Å². The first kappa shape index (κ1) is 40.4. The summed E-state index contributed by atoms with van der Waals surface area (Å²) in [5, 5.41) is 33.8. The summed E-state index contributed by atoms with van der Waals surface area (Å²) in [5.41, 5.74) is -0.818. The average molecular weight is 634 g/mol. The molecule has 6 atom stereocenters. The summed E-state index contributed by atoms with van der Waals surface area (Å²) in [6.45, 7) is 15.3. The number of alkyl carbamates (subject to hydrolysis) is 1. The van der Waals surface area contributed by atoms with Crippen LogP contribution >= 0.6 is 11.8 Å². The molecule has 0 aliphatic heterocycles. The number of hydrogen-bond donors (Lipinski definition) is 7. The quantitative estimate of drug-likeness (QED) is 0.115. The zero-order valence-corrected chi connectivity index (χ0v) is 28.2. The van der Waals surface area contributed by atoms with Crippen molar-refractivity contribution >= 4 is 41.5 Å². The number of aliphatic hydroxyl groups excluding tert-OH is 2. The van der Waals surface area contributed by atoms with Crippen molar-refractivity contribution in [3.63, 3.8) is 0 Å². The molecule has 14 heteroatoms. The molecule has 7 N–H and O–H groups in total. The van der Waals surface area contributed by atoms with E-state index in [1.54, 1.807) is 27.7 Å². The topological polar surface area (TPSA) is 195 Å². The molecule has 0 rings (SSSR count). The van der Waals surface area contributed by atoms with E-state index < -0.39 is 59.8 Å². The molecular weight excluding hydrogens is 578 g/mol. The molecule has 0 saturated carbocycles. The Morgan fingerprint density at radius 3 is 1.84 bits per heavy atom. The summed E-state index contributed by atoms with van der Waals surface area (Å²) in [4.78, 5) is 63.5. The molecule has 0 aromatic carbocycles. The van der Waals surface area contributed by atoms with Crippen molar-refractivity contribution in [1.29, 1.82) is 0 Å². The van der Waals surface area contributed by atoms with Gasteiger partial charge in [-0.1, -0.05) is 20.8 Å². The Labute approximate surface area is 260 Å². The van der Waals surface area contributed by atoms with E-state index in [1.165, 1.54) is 18.7 Å². The third-order valence-electron chi connectivity index (χ3n) is 6.04. The smallest absolute Gasteiger partial charge is 0.408 e. The molecule has 5 amide bonds. The van der Waals surface area contributed by atoms with Crippen LogP contribution in [-0.2, 0) is 23.9 Å². The summed E-state index contributed by atoms with van der Waals surface area (Å²) in [5.74, 6) is -1.95. The molecule has 0 aromatic rings. The Hall–Kier alpha value is -2.58. The summed E-state index contributed by atoms with van der Waals surface area (Å²) in [6.07, 6.45) is -0.664. The second kappa shape index (κ2) is 19.6. The highest BCUT2D eigenvalue weighted by atomic mass is 32.2. The zero-order chi connectivity index (χ0) is 33.5. The van der Waals surface area contributed by atoms with E-state index in [0.717, 1.165) is 0 Å². The van der Waals surface area contributed by atoms with E-state index in [0.29, 0.717) is 12.2 Å². The van der Waals surface area contributed by atoms with Crippen molar-refractivity contribution in [3.8, 4) is 0 Å². The summed E-state index contributed by atoms with van der Waals surface area (Å²) >= 11 is 1.46. The summed E-state index contributed by atoms with van der Waals surface area (Å²) in [7, 11) is 0. The van der Waals surface area contributed by atoms with Crippen LogP contribution in [0.2, 0.25) is 0 Å². The van der Waals surface area contributed by atoms with Gasteiger partial charge in [-0.25, -0.2) is 4.79 Å². The number of amides is 5. The molecule has 13 nitrogen and oxygen atoms in total. The lowest BCUT2D eigenvalue weighted by Gasteiger charge is -2.27. The molecule has 0 saturated heterocycles. The van der Waals surface area contributed by atoms with Gasteiger partial charge in [-0.3, -0.25) is 19.2 Å². The van der Waals surface area contributed by atoms with Gasteiger partial charge in [0.15, 0.2) is 0 Å². The fourth-order valence-electron chi connectivity index (χ4n) is 3.95. The summed E-state index contributed by atoms with van der Waals surface area (Å²) in [6, 6.07) is -3.16. The number of carbonyl (C=O) groups excluding carboxylic acids is 5. The van der Waals surface area contributed by atoms with Crippen molar-refractivity contribution in [3.05, 3.63) is 0 Å². The van der Waals surface area contributed by atoms with Crippen molar-refractivity contribution in [2.75, 3.05) is 18.6 Å². The summed E-state index contributed by atoms with van der Waals surface area (Å²) < 4.78 is 5.16. The van der Waals surface area contributed by atoms with Crippen LogP contribution in [-0.4, -0.2) is 100 Å². The first-order valence-electron chi connectivity index (χ1n) is 14.8.